The molecule has 1 saturated heterocycles. The highest BCUT2D eigenvalue weighted by Crippen LogP contribution is 2.24. The van der Waals surface area contributed by atoms with Crippen LogP contribution in [0.5, 0.6) is 5.75 Å². The number of carboxylic acid groups (broad SMARTS) is 1. The van der Waals surface area contributed by atoms with E-state index in [2.05, 4.69) is 10.2 Å². The van der Waals surface area contributed by atoms with Gasteiger partial charge in [-0.05, 0) is 25.0 Å². The molecule has 18 heavy (non-hydrogen) atoms. The van der Waals surface area contributed by atoms with E-state index >= 15 is 0 Å². The van der Waals surface area contributed by atoms with Crippen LogP contribution in [0, 0.1) is 0 Å². The predicted molar refractivity (Wildman–Crippen MR) is 69.4 cm³/mol. The van der Waals surface area contributed by atoms with Gasteiger partial charge in [0.15, 0.2) is 0 Å². The average molecular weight is 250 g/mol. The zero-order valence-electron chi connectivity index (χ0n) is 10.4. The van der Waals surface area contributed by atoms with E-state index in [0.29, 0.717) is 0 Å². The van der Waals surface area contributed by atoms with Gasteiger partial charge < -0.3 is 20.1 Å². The van der Waals surface area contributed by atoms with Crippen LogP contribution < -0.4 is 15.0 Å². The van der Waals surface area contributed by atoms with Gasteiger partial charge in [-0.2, -0.15) is 0 Å². The number of anilines is 1. The number of hydrogen-bond donors (Lipinski definition) is 2. The maximum atomic E-state index is 10.6. The molecule has 2 rings (SSSR count). The molecule has 98 valence electrons. The molecule has 2 N–H and O–H groups in total. The zero-order valence-corrected chi connectivity index (χ0v) is 10.4. The average Bonchev–Trinajstić information content (AvgIpc) is 2.39. The lowest BCUT2D eigenvalue weighted by Crippen LogP contribution is -2.44. The van der Waals surface area contributed by atoms with Gasteiger partial charge in [-0.25, -0.2) is 4.79 Å². The summed E-state index contributed by atoms with van der Waals surface area (Å²) in [6.07, 6.45) is 0.738. The first kappa shape index (κ1) is 12.5. The first-order chi connectivity index (χ1) is 8.69. The van der Waals surface area contributed by atoms with Crippen molar-refractivity contribution >= 4 is 11.8 Å². The highest BCUT2D eigenvalue weighted by molar-refractivity contribution is 5.65. The van der Waals surface area contributed by atoms with Crippen molar-refractivity contribution in [2.24, 2.45) is 0 Å². The van der Waals surface area contributed by atoms with Crippen molar-refractivity contribution in [3.63, 3.8) is 0 Å². The van der Waals surface area contributed by atoms with E-state index in [-0.39, 0.29) is 6.04 Å². The van der Waals surface area contributed by atoms with Crippen LogP contribution in [0.15, 0.2) is 24.3 Å². The molecule has 0 radical (unpaired) electrons. The Hall–Kier alpha value is -1.91. The van der Waals surface area contributed by atoms with Gasteiger partial charge in [0.1, 0.15) is 5.75 Å². The largest absolute Gasteiger partial charge is 0.497 e. The summed E-state index contributed by atoms with van der Waals surface area (Å²) in [7, 11) is 1.65. The molecule has 0 atom stereocenters. The molecular weight excluding hydrogens is 232 g/mol. The van der Waals surface area contributed by atoms with Crippen LogP contribution in [0.3, 0.4) is 0 Å². The third-order valence-electron chi connectivity index (χ3n) is 3.24. The van der Waals surface area contributed by atoms with Crippen LogP contribution in [0.2, 0.25) is 0 Å². The number of rotatable bonds is 3. The fraction of sp³-hybridized carbons (Fsp3) is 0.462. The van der Waals surface area contributed by atoms with Gasteiger partial charge in [0.25, 0.3) is 0 Å². The van der Waals surface area contributed by atoms with Crippen molar-refractivity contribution in [1.82, 2.24) is 5.32 Å². The number of carbonyl (C=O) groups is 1. The van der Waals surface area contributed by atoms with Crippen molar-refractivity contribution < 1.29 is 14.6 Å². The molecule has 1 fully saturated rings. The Morgan fingerprint density at radius 1 is 1.44 bits per heavy atom. The highest BCUT2D eigenvalue weighted by Gasteiger charge is 2.20. The van der Waals surface area contributed by atoms with E-state index in [4.69, 9.17) is 9.84 Å². The quantitative estimate of drug-likeness (QED) is 0.860. The fourth-order valence-corrected chi connectivity index (χ4v) is 2.26. The monoisotopic (exact) mass is 250 g/mol. The number of ether oxygens (including phenoxy) is 1. The second kappa shape index (κ2) is 5.62. The number of hydrogen-bond acceptors (Lipinski definition) is 3. The van der Waals surface area contributed by atoms with Crippen molar-refractivity contribution in [3.05, 3.63) is 24.3 Å². The van der Waals surface area contributed by atoms with Crippen LogP contribution in [0.4, 0.5) is 10.5 Å². The number of benzene rings is 1. The molecule has 5 nitrogen and oxygen atoms in total. The molecule has 1 amide bonds. The van der Waals surface area contributed by atoms with E-state index < -0.39 is 6.09 Å². The fourth-order valence-electron chi connectivity index (χ4n) is 2.26. The first-order valence-electron chi connectivity index (χ1n) is 6.07. The van der Waals surface area contributed by atoms with Gasteiger partial charge in [-0.1, -0.05) is 6.07 Å². The smallest absolute Gasteiger partial charge is 0.404 e. The van der Waals surface area contributed by atoms with Gasteiger partial charge in [0, 0.05) is 30.9 Å². The van der Waals surface area contributed by atoms with E-state index in [1.54, 1.807) is 7.11 Å². The topological polar surface area (TPSA) is 61.8 Å². The maximum Gasteiger partial charge on any atom is 0.404 e. The van der Waals surface area contributed by atoms with E-state index in [9.17, 15) is 4.79 Å². The highest BCUT2D eigenvalue weighted by atomic mass is 16.5. The molecule has 1 aliphatic rings. The molecule has 0 aliphatic carbocycles. The van der Waals surface area contributed by atoms with Gasteiger partial charge in [-0.15, -0.1) is 0 Å². The van der Waals surface area contributed by atoms with Crippen molar-refractivity contribution in [2.75, 3.05) is 25.1 Å². The first-order valence-corrected chi connectivity index (χ1v) is 6.07. The Morgan fingerprint density at radius 3 is 2.78 bits per heavy atom. The number of piperidine rings is 1. The SMILES string of the molecule is COc1cccc(N2CCC(NC(=O)O)CC2)c1. The molecule has 0 bridgehead atoms. The van der Waals surface area contributed by atoms with Crippen molar-refractivity contribution in [1.29, 1.82) is 0 Å². The Bertz CT molecular complexity index is 414. The van der Waals surface area contributed by atoms with Crippen LogP contribution in [-0.2, 0) is 0 Å². The van der Waals surface area contributed by atoms with Crippen LogP contribution in [0.1, 0.15) is 12.8 Å². The Kier molecular flexibility index (Phi) is 3.92. The molecule has 1 aromatic rings. The number of nitrogens with zero attached hydrogens (tertiary/aromatic N) is 1. The van der Waals surface area contributed by atoms with Crippen LogP contribution in [0.25, 0.3) is 0 Å². The zero-order chi connectivity index (χ0) is 13.0. The standard InChI is InChI=1S/C13H18N2O3/c1-18-12-4-2-3-11(9-12)15-7-5-10(6-8-15)14-13(16)17/h2-4,9-10,14H,5-8H2,1H3,(H,16,17). The third-order valence-corrected chi connectivity index (χ3v) is 3.24. The Balaban J connectivity index is 1.94. The second-order valence-corrected chi connectivity index (χ2v) is 4.41. The summed E-state index contributed by atoms with van der Waals surface area (Å²) in [6.45, 7) is 1.72. The number of amides is 1. The third kappa shape index (κ3) is 3.06. The van der Waals surface area contributed by atoms with Crippen LogP contribution in [-0.4, -0.2) is 37.4 Å². The lowest BCUT2D eigenvalue weighted by Gasteiger charge is -2.33. The summed E-state index contributed by atoms with van der Waals surface area (Å²) in [6, 6.07) is 8.01. The van der Waals surface area contributed by atoms with E-state index in [0.717, 1.165) is 37.4 Å². The Morgan fingerprint density at radius 2 is 2.17 bits per heavy atom. The van der Waals surface area contributed by atoms with Crippen LogP contribution >= 0.6 is 0 Å². The molecule has 5 heteroatoms. The number of nitrogens with one attached hydrogen (secondary N) is 1. The number of methoxy groups -OCH3 is 1. The maximum absolute atomic E-state index is 10.6. The van der Waals surface area contributed by atoms with Gasteiger partial charge >= 0.3 is 6.09 Å². The predicted octanol–water partition coefficient (Wildman–Crippen LogP) is 1.93. The van der Waals surface area contributed by atoms with Gasteiger partial charge in [0.05, 0.1) is 7.11 Å². The lowest BCUT2D eigenvalue weighted by atomic mass is 10.0. The minimum Gasteiger partial charge on any atom is -0.497 e. The van der Waals surface area contributed by atoms with Gasteiger partial charge in [-0.3, -0.25) is 0 Å². The summed E-state index contributed by atoms with van der Waals surface area (Å²) >= 11 is 0. The molecule has 0 unspecified atom stereocenters. The molecule has 0 saturated carbocycles. The summed E-state index contributed by atoms with van der Waals surface area (Å²) in [5, 5.41) is 11.2. The second-order valence-electron chi connectivity index (χ2n) is 4.41. The molecule has 1 aromatic carbocycles. The summed E-state index contributed by atoms with van der Waals surface area (Å²) in [5.74, 6) is 0.846. The summed E-state index contributed by atoms with van der Waals surface area (Å²) in [5.41, 5.74) is 1.13. The van der Waals surface area contributed by atoms with Gasteiger partial charge in [0.2, 0.25) is 0 Å². The minimum absolute atomic E-state index is 0.0735. The summed E-state index contributed by atoms with van der Waals surface area (Å²) in [4.78, 5) is 12.8. The molecular formula is C13H18N2O3. The van der Waals surface area contributed by atoms with Crippen molar-refractivity contribution in [3.8, 4) is 5.75 Å². The molecule has 1 aliphatic heterocycles. The normalized spacial score (nSPS) is 16.4. The lowest BCUT2D eigenvalue weighted by molar-refractivity contribution is 0.187. The molecule has 1 heterocycles. The molecule has 0 aromatic heterocycles. The summed E-state index contributed by atoms with van der Waals surface area (Å²) < 4.78 is 5.20. The minimum atomic E-state index is -0.935. The van der Waals surface area contributed by atoms with E-state index in [1.807, 2.05) is 24.3 Å². The van der Waals surface area contributed by atoms with E-state index in [1.165, 1.54) is 0 Å². The molecule has 0 spiro atoms. The Labute approximate surface area is 106 Å². The van der Waals surface area contributed by atoms with Crippen molar-refractivity contribution in [2.45, 2.75) is 18.9 Å².